The van der Waals surface area contributed by atoms with E-state index < -0.39 is 0 Å². The molecule has 3 heteroatoms. The molecule has 1 aromatic rings. The van der Waals surface area contributed by atoms with Gasteiger partial charge in [-0.15, -0.1) is 0 Å². The maximum atomic E-state index is 10.8. The largest absolute Gasteiger partial charge is 0.493 e. The molecule has 1 heterocycles. The van der Waals surface area contributed by atoms with Crippen LogP contribution in [-0.4, -0.2) is 18.5 Å². The molecule has 0 amide bonds. The summed E-state index contributed by atoms with van der Waals surface area (Å²) >= 11 is 0. The Hall–Kier alpha value is -1.51. The first-order valence-corrected chi connectivity index (χ1v) is 7.81. The van der Waals surface area contributed by atoms with Crippen molar-refractivity contribution in [1.29, 1.82) is 0 Å². The van der Waals surface area contributed by atoms with Gasteiger partial charge in [-0.2, -0.15) is 0 Å². The molecule has 0 fully saturated rings. The molecule has 0 N–H and O–H groups in total. The molecular weight excluding hydrogens is 264 g/mol. The summed E-state index contributed by atoms with van der Waals surface area (Å²) in [6.45, 7) is 11.2. The number of carbonyl (C=O) groups is 1. The van der Waals surface area contributed by atoms with Gasteiger partial charge < -0.3 is 14.3 Å². The lowest BCUT2D eigenvalue weighted by Crippen LogP contribution is -2.25. The zero-order valence-electron chi connectivity index (χ0n) is 13.8. The minimum Gasteiger partial charge on any atom is -0.493 e. The van der Waals surface area contributed by atoms with Crippen LogP contribution >= 0.6 is 0 Å². The van der Waals surface area contributed by atoms with E-state index >= 15 is 0 Å². The Balaban J connectivity index is 2.53. The number of fused-ring (bicyclic) bond motifs is 1. The predicted octanol–water partition coefficient (Wildman–Crippen LogP) is 3.94. The van der Waals surface area contributed by atoms with E-state index in [0.717, 1.165) is 54.8 Å². The van der Waals surface area contributed by atoms with Gasteiger partial charge in [0.25, 0.3) is 0 Å². The number of hydrogen-bond acceptors (Lipinski definition) is 3. The standard InChI is InChI=1S/C18H26O3/c1-6-10-20-16-12(2)14(8-7-9-19)17-15(13(16)3)11-18(4,5)21-17/h9H,6-8,10-11H2,1-5H3. The van der Waals surface area contributed by atoms with E-state index in [1.54, 1.807) is 0 Å². The van der Waals surface area contributed by atoms with Crippen molar-refractivity contribution in [3.8, 4) is 11.5 Å². The van der Waals surface area contributed by atoms with E-state index in [9.17, 15) is 4.79 Å². The average molecular weight is 290 g/mol. The Morgan fingerprint density at radius 1 is 1.29 bits per heavy atom. The van der Waals surface area contributed by atoms with Gasteiger partial charge >= 0.3 is 0 Å². The smallest absolute Gasteiger partial charge is 0.127 e. The van der Waals surface area contributed by atoms with Gasteiger partial charge in [0.1, 0.15) is 23.4 Å². The SMILES string of the molecule is CCCOc1c(C)c(CCC=O)c2c(c1C)CC(C)(C)O2. The fourth-order valence-corrected chi connectivity index (χ4v) is 3.08. The maximum absolute atomic E-state index is 10.8. The van der Waals surface area contributed by atoms with Crippen molar-refractivity contribution in [2.24, 2.45) is 0 Å². The van der Waals surface area contributed by atoms with Gasteiger partial charge in [0.05, 0.1) is 6.61 Å². The van der Waals surface area contributed by atoms with Gasteiger partial charge in [-0.05, 0) is 51.7 Å². The van der Waals surface area contributed by atoms with Crippen LogP contribution in [0.2, 0.25) is 0 Å². The summed E-state index contributed by atoms with van der Waals surface area (Å²) in [6, 6.07) is 0. The van der Waals surface area contributed by atoms with Crippen molar-refractivity contribution in [1.82, 2.24) is 0 Å². The summed E-state index contributed by atoms with van der Waals surface area (Å²) in [5.74, 6) is 1.97. The van der Waals surface area contributed by atoms with Crippen molar-refractivity contribution in [3.05, 3.63) is 22.3 Å². The highest BCUT2D eigenvalue weighted by Gasteiger charge is 2.35. The first-order valence-electron chi connectivity index (χ1n) is 7.81. The fourth-order valence-electron chi connectivity index (χ4n) is 3.08. The van der Waals surface area contributed by atoms with E-state index in [2.05, 4.69) is 34.6 Å². The van der Waals surface area contributed by atoms with Crippen molar-refractivity contribution in [3.63, 3.8) is 0 Å². The molecule has 0 saturated carbocycles. The number of hydrogen-bond donors (Lipinski definition) is 0. The van der Waals surface area contributed by atoms with Crippen LogP contribution in [0.25, 0.3) is 0 Å². The van der Waals surface area contributed by atoms with Crippen LogP contribution in [0, 0.1) is 13.8 Å². The van der Waals surface area contributed by atoms with Crippen LogP contribution in [0.4, 0.5) is 0 Å². The van der Waals surface area contributed by atoms with Crippen molar-refractivity contribution in [2.45, 2.75) is 65.9 Å². The number of benzene rings is 1. The van der Waals surface area contributed by atoms with Crippen LogP contribution in [-0.2, 0) is 17.6 Å². The molecule has 1 aliphatic rings. The zero-order valence-corrected chi connectivity index (χ0v) is 13.8. The molecule has 1 aromatic carbocycles. The van der Waals surface area contributed by atoms with Crippen molar-refractivity contribution >= 4 is 6.29 Å². The Morgan fingerprint density at radius 3 is 2.62 bits per heavy atom. The second-order valence-electron chi connectivity index (χ2n) is 6.46. The van der Waals surface area contributed by atoms with E-state index in [0.29, 0.717) is 6.42 Å². The molecule has 0 radical (unpaired) electrons. The van der Waals surface area contributed by atoms with Crippen molar-refractivity contribution in [2.75, 3.05) is 6.61 Å². The highest BCUT2D eigenvalue weighted by molar-refractivity contribution is 5.62. The molecule has 3 nitrogen and oxygen atoms in total. The molecule has 0 spiro atoms. The maximum Gasteiger partial charge on any atom is 0.127 e. The molecule has 116 valence electrons. The number of ether oxygens (including phenoxy) is 2. The van der Waals surface area contributed by atoms with Gasteiger partial charge in [0, 0.05) is 24.0 Å². The van der Waals surface area contributed by atoms with Crippen LogP contribution in [0.1, 0.15) is 55.9 Å². The summed E-state index contributed by atoms with van der Waals surface area (Å²) in [5, 5.41) is 0. The summed E-state index contributed by atoms with van der Waals surface area (Å²) in [6.07, 6.45) is 4.09. The van der Waals surface area contributed by atoms with Gasteiger partial charge in [0.15, 0.2) is 0 Å². The first kappa shape index (κ1) is 15.9. The van der Waals surface area contributed by atoms with E-state index in [4.69, 9.17) is 9.47 Å². The minimum absolute atomic E-state index is 0.182. The first-order chi connectivity index (χ1) is 9.91. The van der Waals surface area contributed by atoms with Gasteiger partial charge in [-0.3, -0.25) is 0 Å². The quantitative estimate of drug-likeness (QED) is 0.744. The number of aldehydes is 1. The normalized spacial score (nSPS) is 15.5. The lowest BCUT2D eigenvalue weighted by Gasteiger charge is -2.20. The molecule has 0 aliphatic carbocycles. The lowest BCUT2D eigenvalue weighted by atomic mass is 9.91. The van der Waals surface area contributed by atoms with Crippen LogP contribution < -0.4 is 9.47 Å². The Labute approximate surface area is 127 Å². The summed E-state index contributed by atoms with van der Waals surface area (Å²) in [5.41, 5.74) is 4.52. The van der Waals surface area contributed by atoms with E-state index in [1.165, 1.54) is 11.1 Å². The average Bonchev–Trinajstić information content (AvgIpc) is 2.74. The van der Waals surface area contributed by atoms with Gasteiger partial charge in [-0.1, -0.05) is 6.92 Å². The third-order valence-electron chi connectivity index (χ3n) is 4.08. The highest BCUT2D eigenvalue weighted by Crippen LogP contribution is 2.46. The molecule has 0 bridgehead atoms. The summed E-state index contributed by atoms with van der Waals surface area (Å²) in [4.78, 5) is 10.8. The molecule has 0 saturated heterocycles. The van der Waals surface area contributed by atoms with Crippen LogP contribution in [0.3, 0.4) is 0 Å². The second-order valence-corrected chi connectivity index (χ2v) is 6.46. The Bertz CT molecular complexity index is 544. The third-order valence-corrected chi connectivity index (χ3v) is 4.08. The molecule has 2 rings (SSSR count). The predicted molar refractivity (Wildman–Crippen MR) is 84.5 cm³/mol. The Kier molecular flexibility index (Phi) is 4.60. The number of rotatable bonds is 6. The van der Waals surface area contributed by atoms with E-state index in [1.807, 2.05) is 0 Å². The molecule has 0 atom stereocenters. The zero-order chi connectivity index (χ0) is 15.6. The highest BCUT2D eigenvalue weighted by atomic mass is 16.5. The van der Waals surface area contributed by atoms with Crippen molar-refractivity contribution < 1.29 is 14.3 Å². The van der Waals surface area contributed by atoms with Crippen LogP contribution in [0.15, 0.2) is 0 Å². The fraction of sp³-hybridized carbons (Fsp3) is 0.611. The summed E-state index contributed by atoms with van der Waals surface area (Å²) in [7, 11) is 0. The monoisotopic (exact) mass is 290 g/mol. The summed E-state index contributed by atoms with van der Waals surface area (Å²) < 4.78 is 12.2. The van der Waals surface area contributed by atoms with Gasteiger partial charge in [0.2, 0.25) is 0 Å². The molecule has 1 aliphatic heterocycles. The topological polar surface area (TPSA) is 35.5 Å². The molecule has 0 aromatic heterocycles. The second kappa shape index (κ2) is 6.08. The molecular formula is C18H26O3. The minimum atomic E-state index is -0.182. The number of carbonyl (C=O) groups excluding carboxylic acids is 1. The van der Waals surface area contributed by atoms with Gasteiger partial charge in [-0.25, -0.2) is 0 Å². The lowest BCUT2D eigenvalue weighted by molar-refractivity contribution is -0.107. The third kappa shape index (κ3) is 3.07. The van der Waals surface area contributed by atoms with E-state index in [-0.39, 0.29) is 5.60 Å². The van der Waals surface area contributed by atoms with Crippen LogP contribution in [0.5, 0.6) is 11.5 Å². The molecule has 21 heavy (non-hydrogen) atoms. The Morgan fingerprint density at radius 2 is 2.00 bits per heavy atom. The molecule has 0 unspecified atom stereocenters.